The summed E-state index contributed by atoms with van der Waals surface area (Å²) in [5.41, 5.74) is 1.06. The number of phenolic OH excluding ortho intramolecular Hbond substituents is 7. The van der Waals surface area contributed by atoms with Crippen LogP contribution in [0.1, 0.15) is 121 Å². The molecule has 0 atom stereocenters. The highest BCUT2D eigenvalue weighted by Crippen LogP contribution is 2.41. The molecule has 0 unspecified atom stereocenters. The molecule has 0 fully saturated rings. The summed E-state index contributed by atoms with van der Waals surface area (Å²) in [5.74, 6) is -6.37. The Morgan fingerprint density at radius 1 is 0.282 bits per heavy atom. The average Bonchev–Trinajstić information content (AvgIpc) is 0.805. The van der Waals surface area contributed by atoms with Crippen molar-refractivity contribution in [3.8, 4) is 40.2 Å². The molecule has 0 spiro atoms. The first-order chi connectivity index (χ1) is 69.9. The van der Waals surface area contributed by atoms with Gasteiger partial charge in [-0.1, -0.05) is 192 Å². The van der Waals surface area contributed by atoms with E-state index in [1.165, 1.54) is 146 Å². The van der Waals surface area contributed by atoms with Gasteiger partial charge >= 0.3 is 12.4 Å². The molecule has 770 valence electrons. The number of nitrogens with one attached hydrogen (secondary N) is 7. The van der Waals surface area contributed by atoms with Crippen molar-refractivity contribution in [3.05, 3.63) is 433 Å². The molecule has 0 saturated carbocycles. The molecule has 0 bridgehead atoms. The number of halogens is 16. The van der Waals surface area contributed by atoms with Crippen LogP contribution in [0.5, 0.6) is 40.2 Å². The third-order valence-electron chi connectivity index (χ3n) is 20.0. The first-order valence-corrected chi connectivity index (χ1v) is 45.7. The van der Waals surface area contributed by atoms with E-state index in [-0.39, 0.29) is 150 Å². The zero-order valence-electron chi connectivity index (χ0n) is 77.0. The zero-order valence-corrected chi connectivity index (χ0v) is 83.8. The van der Waals surface area contributed by atoms with E-state index in [9.17, 15) is 130 Å². The van der Waals surface area contributed by atoms with Gasteiger partial charge in [-0.25, -0.2) is 4.39 Å². The number of anilines is 7. The fourth-order valence-electron chi connectivity index (χ4n) is 12.8. The lowest BCUT2D eigenvalue weighted by Crippen LogP contribution is -2.16. The largest absolute Gasteiger partial charge is 0.507 e. The van der Waals surface area contributed by atoms with Crippen molar-refractivity contribution < 1.29 is 115 Å². The van der Waals surface area contributed by atoms with E-state index >= 15 is 0 Å². The molecule has 15 aromatic carbocycles. The number of amides is 7. The van der Waals surface area contributed by atoms with E-state index in [0.717, 1.165) is 52.4 Å². The Morgan fingerprint density at radius 2 is 0.617 bits per heavy atom. The summed E-state index contributed by atoms with van der Waals surface area (Å²) in [6.45, 7) is 10.2. The summed E-state index contributed by atoms with van der Waals surface area (Å²) in [5, 5.41) is 120. The number of nitrogens with zero attached hydrogens (tertiary/aromatic N) is 3. The van der Waals surface area contributed by atoms with Gasteiger partial charge in [0.2, 0.25) is 0 Å². The molecule has 0 aliphatic heterocycles. The molecule has 0 aromatic heterocycles. The van der Waals surface area contributed by atoms with E-state index in [2.05, 4.69) is 52.7 Å². The summed E-state index contributed by atoms with van der Waals surface area (Å²) in [6.07, 6.45) is -10.1. The Labute approximate surface area is 885 Å². The number of phenols is 7. The van der Waals surface area contributed by atoms with Gasteiger partial charge in [-0.3, -0.25) is 63.9 Å². The van der Waals surface area contributed by atoms with E-state index in [0.29, 0.717) is 49.6 Å². The second-order valence-corrected chi connectivity index (χ2v) is 35.9. The minimum absolute atomic E-state index is 0.00106. The van der Waals surface area contributed by atoms with Crippen LogP contribution in [0.4, 0.5) is 87.6 Å². The maximum absolute atomic E-state index is 12.9. The molecule has 30 nitrogen and oxygen atoms in total. The molecule has 14 N–H and O–H groups in total. The monoisotopic (exact) mass is 2220 g/mol. The minimum Gasteiger partial charge on any atom is -0.507 e. The fourth-order valence-corrected chi connectivity index (χ4v) is 14.7. The number of non-ortho nitro benzene ring substituents is 3. The van der Waals surface area contributed by atoms with Crippen LogP contribution in [0.15, 0.2) is 285 Å². The van der Waals surface area contributed by atoms with Crippen molar-refractivity contribution >= 4 is 213 Å². The number of nitro benzene ring substituents is 3. The first kappa shape index (κ1) is 116. The number of rotatable bonds is 17. The summed E-state index contributed by atoms with van der Waals surface area (Å²) in [6, 6.07) is 65.6. The predicted molar refractivity (Wildman–Crippen MR) is 558 cm³/mol. The highest BCUT2D eigenvalue weighted by molar-refractivity contribution is 6.38. The normalized spacial score (nSPS) is 10.7. The molecule has 0 radical (unpaired) electrons. The number of hydrogen-bond acceptors (Lipinski definition) is 20. The SMILES string of the molecule is CC(C)(C)c1cccc(NC(=O)c2cc(Cl)ccc2O)c1.Cc1cc(C)cc(NC(=O)c2cc(Cl)ccc2O)c1.O=C(Nc1cc(C(F)(F)F)cc(C(F)(F)F)c1)c1cc(Cl)ccc1O.O=C(Nc1ccc([N+](=O)[O-])cc1Cl)c1cc(Cl)cc(Cl)c1O.O=C(Nc1ccc([N+](=O)[O-])cc1Cl)c1ccc2ccccc2c1O.O=C(Nc1ccc([N+](=O)[O-])cc1Cl)c1ccccc1O.O=C(Nc1cccc(F)c1)c1cc(Cl)ccc1O. The number of para-hydroxylation sites is 1. The van der Waals surface area contributed by atoms with Crippen LogP contribution in [-0.4, -0.2) is 91.9 Å². The molecule has 0 aliphatic rings. The molecule has 15 rings (SSSR count). The summed E-state index contributed by atoms with van der Waals surface area (Å²) >= 11 is 52.3. The van der Waals surface area contributed by atoms with Gasteiger partial charge in [0.1, 0.15) is 46.1 Å². The fraction of sp³-hybridized carbons (Fsp3) is 0.0777. The maximum Gasteiger partial charge on any atom is 0.416 e. The lowest BCUT2D eigenvalue weighted by Gasteiger charge is -2.20. The number of aryl methyl sites for hydroxylation is 2. The number of aromatic hydroxyl groups is 7. The lowest BCUT2D eigenvalue weighted by atomic mass is 9.87. The number of carbonyl (C=O) groups excluding carboxylic acids is 7. The quantitative estimate of drug-likeness (QED) is 0.0229. The van der Waals surface area contributed by atoms with Gasteiger partial charge in [0.05, 0.1) is 102 Å². The van der Waals surface area contributed by atoms with E-state index in [1.807, 2.05) is 73.8 Å². The average molecular weight is 2230 g/mol. The number of benzene rings is 15. The smallest absolute Gasteiger partial charge is 0.416 e. The summed E-state index contributed by atoms with van der Waals surface area (Å²) in [7, 11) is 0. The number of hydrogen-bond donors (Lipinski definition) is 14. The Balaban J connectivity index is 0.000000193. The molecule has 0 saturated heterocycles. The van der Waals surface area contributed by atoms with E-state index in [1.54, 1.807) is 36.4 Å². The van der Waals surface area contributed by atoms with Gasteiger partial charge in [0.15, 0.2) is 0 Å². The molecule has 149 heavy (non-hydrogen) atoms. The topological polar surface area (TPSA) is 475 Å². The minimum atomic E-state index is -5.04. The van der Waals surface area contributed by atoms with Gasteiger partial charge < -0.3 is 73.0 Å². The standard InChI is InChI=1S/C17H11ClN2O4.C17H18ClNO2.C15H8ClF6NO2.C15H14ClNO2.C13H7Cl3N2O4.C13H9ClFNO2.C13H9ClN2O4/c18-14-9-11(20(23)24)6-8-15(14)19-17(22)13-7-5-10-3-1-2-4-12(10)16(13)21;1-17(2,3)11-5-4-6-13(9-11)19-16(21)14-10-12(18)7-8-15(14)20;16-9-1-2-12(24)11(6-9)13(25)23-10-4-7(14(17,18)19)3-8(5-10)15(20,21)22;1-9-5-10(2)7-12(6-9)17-15(19)13-8-11(16)3-4-14(13)18;14-6-3-8(12(19)10(16)4-6)13(20)17-11-2-1-7(18(21)22)5-9(11)15;14-8-4-5-12(17)11(6-8)13(18)16-10-3-1-2-9(15)7-10;14-10-7-8(16(19)20)5-6-11(10)15-13(18)9-3-1-2-4-12(9)17/h1-9,21H,(H,19,22);4-10,20H,1-3H3,(H,19,21);1-6,24H,(H,23,25);3-8,18H,1-2H3,(H,17,19);1-5,19H,(H,17,20);1-7,17H,(H,16,18);1-7,17H,(H,15,18). The lowest BCUT2D eigenvalue weighted by molar-refractivity contribution is -0.385. The maximum atomic E-state index is 12.9. The molecule has 46 heteroatoms. The van der Waals surface area contributed by atoms with Gasteiger partial charge in [-0.2, -0.15) is 26.3 Å². The highest BCUT2D eigenvalue weighted by atomic mass is 35.5. The third-order valence-corrected chi connectivity index (χ3v) is 22.4. The van der Waals surface area contributed by atoms with Crippen molar-refractivity contribution in [1.29, 1.82) is 0 Å². The van der Waals surface area contributed by atoms with E-state index in [4.69, 9.17) is 104 Å². The van der Waals surface area contributed by atoms with Crippen molar-refractivity contribution in [2.75, 3.05) is 37.2 Å². The second-order valence-electron chi connectivity index (χ2n) is 32.1. The summed E-state index contributed by atoms with van der Waals surface area (Å²) < 4.78 is 89.6. The van der Waals surface area contributed by atoms with Gasteiger partial charge in [0.25, 0.3) is 58.4 Å². The van der Waals surface area contributed by atoms with Crippen LogP contribution in [0.2, 0.25) is 45.2 Å². The first-order valence-electron chi connectivity index (χ1n) is 42.3. The molecular weight excluding hydrogens is 2150 g/mol. The van der Waals surface area contributed by atoms with Crippen molar-refractivity contribution in [2.24, 2.45) is 0 Å². The number of alkyl halides is 6. The van der Waals surface area contributed by atoms with E-state index < -0.39 is 96.4 Å². The van der Waals surface area contributed by atoms with Crippen molar-refractivity contribution in [2.45, 2.75) is 52.4 Å². The Morgan fingerprint density at radius 3 is 1.00 bits per heavy atom. The molecule has 15 aromatic rings. The van der Waals surface area contributed by atoms with Crippen LogP contribution < -0.4 is 37.2 Å². The highest BCUT2D eigenvalue weighted by Gasteiger charge is 2.38. The van der Waals surface area contributed by atoms with Crippen LogP contribution in [0.25, 0.3) is 10.8 Å². The van der Waals surface area contributed by atoms with Crippen LogP contribution in [0.3, 0.4) is 0 Å². The van der Waals surface area contributed by atoms with Crippen molar-refractivity contribution in [3.63, 3.8) is 0 Å². The van der Waals surface area contributed by atoms with Crippen molar-refractivity contribution in [1.82, 2.24) is 0 Å². The van der Waals surface area contributed by atoms with Gasteiger partial charge in [-0.05, 0) is 223 Å². The summed E-state index contributed by atoms with van der Waals surface area (Å²) in [4.78, 5) is 115. The number of nitro groups is 3. The third kappa shape index (κ3) is 33.9. The van der Waals surface area contributed by atoms with Crippen LogP contribution in [0, 0.1) is 50.0 Å². The zero-order chi connectivity index (χ0) is 110. The molecule has 0 heterocycles. The van der Waals surface area contributed by atoms with Crippen LogP contribution in [-0.2, 0) is 17.8 Å². The number of fused-ring (bicyclic) bond motifs is 1. The Hall–Kier alpha value is -16.2. The Bertz CT molecular complexity index is 7610. The molecular formula is C103H76Cl9F7N10O20. The molecule has 7 amide bonds. The molecule has 0 aliphatic carbocycles. The van der Waals surface area contributed by atoms with Gasteiger partial charge in [-0.15, -0.1) is 0 Å². The van der Waals surface area contributed by atoms with Gasteiger partial charge in [0, 0.05) is 89.6 Å². The number of carbonyl (C=O) groups is 7. The predicted octanol–water partition coefficient (Wildman–Crippen LogP) is 29.4. The van der Waals surface area contributed by atoms with Crippen LogP contribution >= 0.6 is 104 Å². The second kappa shape index (κ2) is 51.7. The Kier molecular flexibility index (Phi) is 40.4.